The topological polar surface area (TPSA) is 115 Å². The number of hydrogen-bond acceptors (Lipinski definition) is 6. The number of methoxy groups -OCH3 is 2. The highest BCUT2D eigenvalue weighted by Gasteiger charge is 2.38. The Bertz CT molecular complexity index is 1270. The van der Waals surface area contributed by atoms with Gasteiger partial charge in [0.2, 0.25) is 0 Å². The first-order valence-electron chi connectivity index (χ1n) is 9.15. The number of amides is 1. The van der Waals surface area contributed by atoms with Gasteiger partial charge in [0.25, 0.3) is 0 Å². The molecule has 3 aromatic rings. The van der Waals surface area contributed by atoms with Gasteiger partial charge in [-0.1, -0.05) is 23.7 Å². The smallest absolute Gasteiger partial charge is 0.471 e. The van der Waals surface area contributed by atoms with E-state index in [-0.39, 0.29) is 39.0 Å². The number of rotatable bonds is 6. The summed E-state index contributed by atoms with van der Waals surface area (Å²) in [7, 11) is 2.54. The third-order valence-electron chi connectivity index (χ3n) is 4.49. The Morgan fingerprint density at radius 3 is 2.58 bits per heavy atom. The van der Waals surface area contributed by atoms with Crippen LogP contribution in [0.2, 0.25) is 5.02 Å². The number of nitrogens with one attached hydrogen (secondary N) is 2. The summed E-state index contributed by atoms with van der Waals surface area (Å²) in [6, 6.07) is 8.56. The minimum atomic E-state index is -5.05. The van der Waals surface area contributed by atoms with Crippen LogP contribution in [0.1, 0.15) is 15.9 Å². The van der Waals surface area contributed by atoms with E-state index in [9.17, 15) is 27.6 Å². The number of aromatic amines is 1. The molecule has 0 bridgehead atoms. The lowest BCUT2D eigenvalue weighted by Crippen LogP contribution is -2.36. The van der Waals surface area contributed by atoms with E-state index in [0.717, 1.165) is 4.68 Å². The van der Waals surface area contributed by atoms with E-state index in [2.05, 4.69) is 14.8 Å². The van der Waals surface area contributed by atoms with Crippen molar-refractivity contribution in [2.45, 2.75) is 12.7 Å². The summed E-state index contributed by atoms with van der Waals surface area (Å²) >= 11 is 6.22. The third-order valence-corrected chi connectivity index (χ3v) is 4.80. The summed E-state index contributed by atoms with van der Waals surface area (Å²) in [6.45, 7) is -0.509. The van der Waals surface area contributed by atoms with Gasteiger partial charge < -0.3 is 14.8 Å². The Morgan fingerprint density at radius 2 is 1.94 bits per heavy atom. The van der Waals surface area contributed by atoms with Crippen molar-refractivity contribution in [2.24, 2.45) is 0 Å². The molecular weight excluding hydrogens is 469 g/mol. The Labute approximate surface area is 189 Å². The Hall–Kier alpha value is -3.80. The Balaban J connectivity index is 2.01. The Kier molecular flexibility index (Phi) is 6.77. The van der Waals surface area contributed by atoms with E-state index in [0.29, 0.717) is 0 Å². The molecule has 9 nitrogen and oxygen atoms in total. The Morgan fingerprint density at radius 1 is 1.21 bits per heavy atom. The van der Waals surface area contributed by atoms with Crippen molar-refractivity contribution in [3.63, 3.8) is 0 Å². The summed E-state index contributed by atoms with van der Waals surface area (Å²) in [6.07, 6.45) is -5.05. The predicted molar refractivity (Wildman–Crippen MR) is 110 cm³/mol. The zero-order valence-electron chi connectivity index (χ0n) is 17.1. The van der Waals surface area contributed by atoms with Crippen molar-refractivity contribution in [1.29, 1.82) is 0 Å². The number of aromatic nitrogens is 3. The molecule has 1 heterocycles. The zero-order chi connectivity index (χ0) is 24.3. The summed E-state index contributed by atoms with van der Waals surface area (Å²) in [5.74, 6) is -2.68. The van der Waals surface area contributed by atoms with E-state index in [1.807, 2.05) is 0 Å². The summed E-state index contributed by atoms with van der Waals surface area (Å²) < 4.78 is 48.4. The van der Waals surface area contributed by atoms with Crippen LogP contribution in [0.5, 0.6) is 5.75 Å². The van der Waals surface area contributed by atoms with Gasteiger partial charge in [0.15, 0.2) is 5.82 Å². The molecule has 174 valence electrons. The molecule has 0 radical (unpaired) electrons. The van der Waals surface area contributed by atoms with Gasteiger partial charge >= 0.3 is 23.7 Å². The fraction of sp³-hybridized carbons (Fsp3) is 0.200. The molecule has 1 aromatic heterocycles. The van der Waals surface area contributed by atoms with Crippen molar-refractivity contribution in [1.82, 2.24) is 20.1 Å². The number of halogens is 4. The van der Waals surface area contributed by atoms with Crippen LogP contribution in [0.4, 0.5) is 13.2 Å². The van der Waals surface area contributed by atoms with Gasteiger partial charge in [-0.25, -0.2) is 9.59 Å². The van der Waals surface area contributed by atoms with Crippen molar-refractivity contribution in [2.75, 3.05) is 14.2 Å². The van der Waals surface area contributed by atoms with Gasteiger partial charge in [-0.2, -0.15) is 17.9 Å². The molecule has 0 spiro atoms. The van der Waals surface area contributed by atoms with E-state index in [4.69, 9.17) is 16.3 Å². The lowest BCUT2D eigenvalue weighted by atomic mass is 10.1. The first-order valence-corrected chi connectivity index (χ1v) is 9.53. The molecule has 0 aliphatic rings. The first-order chi connectivity index (χ1) is 15.6. The van der Waals surface area contributed by atoms with Crippen molar-refractivity contribution in [3.05, 3.63) is 63.0 Å². The van der Waals surface area contributed by atoms with Crippen LogP contribution in [-0.4, -0.2) is 47.0 Å². The largest absolute Gasteiger partial charge is 0.496 e. The molecular formula is C20H16ClF3N4O5. The maximum Gasteiger partial charge on any atom is 0.471 e. The predicted octanol–water partition coefficient (Wildman–Crippen LogP) is 2.85. The van der Waals surface area contributed by atoms with Crippen molar-refractivity contribution in [3.8, 4) is 22.8 Å². The number of hydrogen-bond donors (Lipinski definition) is 2. The number of alkyl halides is 3. The van der Waals surface area contributed by atoms with Gasteiger partial charge in [0.05, 0.1) is 24.9 Å². The number of benzene rings is 2. The van der Waals surface area contributed by atoms with Crippen LogP contribution in [0, 0.1) is 0 Å². The van der Waals surface area contributed by atoms with Crippen LogP contribution in [0.15, 0.2) is 41.2 Å². The number of carbonyl (C=O) groups is 2. The minimum Gasteiger partial charge on any atom is -0.496 e. The monoisotopic (exact) mass is 484 g/mol. The molecule has 0 fully saturated rings. The van der Waals surface area contributed by atoms with E-state index < -0.39 is 30.3 Å². The van der Waals surface area contributed by atoms with E-state index in [1.54, 1.807) is 5.32 Å². The normalized spacial score (nSPS) is 11.2. The maximum absolute atomic E-state index is 12.6. The number of H-pyrrole nitrogens is 1. The molecule has 2 aromatic carbocycles. The SMILES string of the molecule is COC(=O)c1ccc(-n2nc(-c3c(Cl)cccc3CNC(=O)C(F)(F)F)[nH]c2=O)cc1OC. The third kappa shape index (κ3) is 5.00. The van der Waals surface area contributed by atoms with E-state index in [1.165, 1.54) is 50.6 Å². The second-order valence-corrected chi connectivity index (χ2v) is 6.93. The summed E-state index contributed by atoms with van der Waals surface area (Å²) in [5.41, 5.74) is -0.00865. The number of nitrogens with zero attached hydrogens (tertiary/aromatic N) is 2. The fourth-order valence-electron chi connectivity index (χ4n) is 2.96. The lowest BCUT2D eigenvalue weighted by Gasteiger charge is -2.12. The summed E-state index contributed by atoms with van der Waals surface area (Å²) in [5, 5.41) is 6.02. The van der Waals surface area contributed by atoms with Crippen molar-refractivity contribution < 1.29 is 32.2 Å². The quantitative estimate of drug-likeness (QED) is 0.520. The molecule has 0 atom stereocenters. The van der Waals surface area contributed by atoms with Gasteiger partial charge in [-0.05, 0) is 23.8 Å². The number of esters is 1. The molecule has 1 amide bonds. The maximum atomic E-state index is 12.6. The highest BCUT2D eigenvalue weighted by molar-refractivity contribution is 6.33. The zero-order valence-corrected chi connectivity index (χ0v) is 17.9. The van der Waals surface area contributed by atoms with Crippen LogP contribution < -0.4 is 15.7 Å². The van der Waals surface area contributed by atoms with Gasteiger partial charge in [-0.3, -0.25) is 9.78 Å². The van der Waals surface area contributed by atoms with E-state index >= 15 is 0 Å². The minimum absolute atomic E-state index is 0.0436. The highest BCUT2D eigenvalue weighted by Crippen LogP contribution is 2.29. The molecule has 0 saturated heterocycles. The van der Waals surface area contributed by atoms with Crippen LogP contribution in [-0.2, 0) is 16.1 Å². The molecule has 33 heavy (non-hydrogen) atoms. The van der Waals surface area contributed by atoms with Crippen LogP contribution in [0.25, 0.3) is 17.1 Å². The highest BCUT2D eigenvalue weighted by atomic mass is 35.5. The van der Waals surface area contributed by atoms with Crippen LogP contribution in [0.3, 0.4) is 0 Å². The van der Waals surface area contributed by atoms with Gasteiger partial charge in [-0.15, -0.1) is 5.10 Å². The molecule has 13 heteroatoms. The second-order valence-electron chi connectivity index (χ2n) is 6.52. The molecule has 2 N–H and O–H groups in total. The summed E-state index contributed by atoms with van der Waals surface area (Å²) in [4.78, 5) is 38.1. The van der Waals surface area contributed by atoms with Gasteiger partial charge in [0.1, 0.15) is 11.3 Å². The van der Waals surface area contributed by atoms with Crippen LogP contribution >= 0.6 is 11.6 Å². The number of carbonyl (C=O) groups excluding carboxylic acids is 2. The molecule has 0 aliphatic carbocycles. The standard InChI is InChI=1S/C20H16ClF3N4O5/c1-32-14-8-11(6-7-12(14)17(29)33-2)28-19(31)26-16(27-28)15-10(4-3-5-13(15)21)9-25-18(30)20(22,23)24/h3-8H,9H2,1-2H3,(H,25,30)(H,26,27,31). The average molecular weight is 485 g/mol. The average Bonchev–Trinajstić information content (AvgIpc) is 3.16. The molecule has 0 saturated carbocycles. The fourth-order valence-corrected chi connectivity index (χ4v) is 3.24. The molecule has 0 unspecified atom stereocenters. The lowest BCUT2D eigenvalue weighted by molar-refractivity contribution is -0.173. The second kappa shape index (κ2) is 9.36. The van der Waals surface area contributed by atoms with Crippen molar-refractivity contribution >= 4 is 23.5 Å². The molecule has 3 rings (SSSR count). The van der Waals surface area contributed by atoms with Gasteiger partial charge in [0, 0.05) is 18.2 Å². The number of ether oxygens (including phenoxy) is 2. The first kappa shape index (κ1) is 23.9. The molecule has 0 aliphatic heterocycles.